The molecule has 0 radical (unpaired) electrons. The van der Waals surface area contributed by atoms with Crippen LogP contribution in [0.2, 0.25) is 0 Å². The van der Waals surface area contributed by atoms with Crippen LogP contribution in [-0.2, 0) is 0 Å². The molecule has 5 rings (SSSR count). The zero-order chi connectivity index (χ0) is 26.4. The maximum atomic E-state index is 14.8. The molecule has 0 aliphatic carbocycles. The molecule has 3 aromatic rings. The Morgan fingerprint density at radius 2 is 1.68 bits per heavy atom. The van der Waals surface area contributed by atoms with E-state index >= 15 is 0 Å². The average molecular weight is 510 g/mol. The van der Waals surface area contributed by atoms with E-state index in [9.17, 15) is 17.6 Å². The van der Waals surface area contributed by atoms with Crippen molar-refractivity contribution < 1.29 is 22.3 Å². The molecule has 1 atom stereocenters. The van der Waals surface area contributed by atoms with E-state index in [0.29, 0.717) is 28.1 Å². The van der Waals surface area contributed by atoms with Gasteiger partial charge in [-0.25, -0.2) is 22.5 Å². The highest BCUT2D eigenvalue weighted by atomic mass is 19.3. The van der Waals surface area contributed by atoms with Gasteiger partial charge in [0.15, 0.2) is 5.82 Å². The number of rotatable bonds is 6. The van der Waals surface area contributed by atoms with Crippen molar-refractivity contribution >= 4 is 0 Å². The quantitative estimate of drug-likeness (QED) is 0.240. The van der Waals surface area contributed by atoms with Gasteiger partial charge in [0.25, 0.3) is 6.43 Å². The SMILES string of the molecule is COc1cc(-c2nnc3n(C(C)c4c(F)cc(C)cc4F)cc(C(F)F)cc2-3)ccc1-n1cnc(C)c1. The summed E-state index contributed by atoms with van der Waals surface area (Å²) in [7, 11) is 1.52. The van der Waals surface area contributed by atoms with Crippen molar-refractivity contribution in [2.24, 2.45) is 0 Å². The minimum absolute atomic E-state index is 0.222. The van der Waals surface area contributed by atoms with Gasteiger partial charge >= 0.3 is 0 Å². The van der Waals surface area contributed by atoms with Crippen molar-refractivity contribution in [1.29, 1.82) is 0 Å². The van der Waals surface area contributed by atoms with Crippen LogP contribution in [0.3, 0.4) is 0 Å². The summed E-state index contributed by atoms with van der Waals surface area (Å²) in [5, 5.41) is 8.49. The molecule has 0 amide bonds. The largest absolute Gasteiger partial charge is 0.495 e. The number of hydrogen-bond donors (Lipinski definition) is 0. The molecule has 2 aliphatic rings. The summed E-state index contributed by atoms with van der Waals surface area (Å²) in [5.41, 5.74) is 2.67. The number of imidazole rings is 1. The fraction of sp³-hybridized carbons (Fsp3) is 0.222. The first-order valence-electron chi connectivity index (χ1n) is 11.5. The standard InChI is InChI=1S/C27H23F4N5O/c1-14-7-20(28)24(21(29)8-14)16(3)36-12-18(26(30)31)9-19-25(33-34-27(19)36)17-5-6-22(23(10-17)37-4)35-11-15(2)32-13-35/h5-13,16,26H,1-4H3. The molecular formula is C27H23F4N5O. The van der Waals surface area contributed by atoms with E-state index in [-0.39, 0.29) is 17.0 Å². The van der Waals surface area contributed by atoms with Crippen molar-refractivity contribution in [1.82, 2.24) is 24.3 Å². The number of methoxy groups -OCH3 is 1. The van der Waals surface area contributed by atoms with Gasteiger partial charge in [-0.05, 0) is 56.7 Å². The number of benzene rings is 2. The second kappa shape index (κ2) is 9.34. The molecule has 0 saturated carbocycles. The normalized spacial score (nSPS) is 12.5. The molecule has 0 bridgehead atoms. The summed E-state index contributed by atoms with van der Waals surface area (Å²) in [6.45, 7) is 4.98. The first kappa shape index (κ1) is 24.5. The monoisotopic (exact) mass is 509 g/mol. The van der Waals surface area contributed by atoms with Crippen molar-refractivity contribution in [3.05, 3.63) is 89.1 Å². The molecule has 0 fully saturated rings. The van der Waals surface area contributed by atoms with Gasteiger partial charge in [-0.3, -0.25) is 0 Å². The summed E-state index contributed by atoms with van der Waals surface area (Å²) >= 11 is 0. The van der Waals surface area contributed by atoms with Crippen molar-refractivity contribution in [2.75, 3.05) is 7.11 Å². The van der Waals surface area contributed by atoms with E-state index < -0.39 is 24.1 Å². The number of nitrogens with zero attached hydrogens (tertiary/aromatic N) is 5. The second-order valence-corrected chi connectivity index (χ2v) is 8.89. The van der Waals surface area contributed by atoms with Gasteiger partial charge < -0.3 is 13.9 Å². The predicted molar refractivity (Wildman–Crippen MR) is 130 cm³/mol. The molecule has 1 unspecified atom stereocenters. The third-order valence-corrected chi connectivity index (χ3v) is 6.34. The molecule has 10 heteroatoms. The maximum Gasteiger partial charge on any atom is 0.265 e. The second-order valence-electron chi connectivity index (χ2n) is 8.89. The van der Waals surface area contributed by atoms with Gasteiger partial charge in [0.05, 0.1) is 30.9 Å². The third kappa shape index (κ3) is 4.32. The van der Waals surface area contributed by atoms with Crippen LogP contribution < -0.4 is 4.74 Å². The van der Waals surface area contributed by atoms with E-state index in [4.69, 9.17) is 4.74 Å². The van der Waals surface area contributed by atoms with E-state index in [1.54, 1.807) is 31.5 Å². The lowest BCUT2D eigenvalue weighted by Gasteiger charge is -2.22. The molecule has 0 saturated heterocycles. The Morgan fingerprint density at radius 3 is 2.30 bits per heavy atom. The summed E-state index contributed by atoms with van der Waals surface area (Å²) in [5.74, 6) is -0.786. The van der Waals surface area contributed by atoms with E-state index in [1.165, 1.54) is 43.0 Å². The maximum absolute atomic E-state index is 14.8. The molecular weight excluding hydrogens is 486 g/mol. The van der Waals surface area contributed by atoms with Crippen LogP contribution >= 0.6 is 0 Å². The smallest absolute Gasteiger partial charge is 0.265 e. The third-order valence-electron chi connectivity index (χ3n) is 6.34. The number of ether oxygens (including phenoxy) is 1. The number of pyridine rings is 1. The van der Waals surface area contributed by atoms with Crippen LogP contribution in [-0.4, -0.2) is 31.4 Å². The average Bonchev–Trinajstić information content (AvgIpc) is 3.48. The van der Waals surface area contributed by atoms with Crippen LogP contribution in [0.15, 0.2) is 55.1 Å². The van der Waals surface area contributed by atoms with Crippen molar-refractivity contribution in [3.63, 3.8) is 0 Å². The molecule has 190 valence electrons. The van der Waals surface area contributed by atoms with Crippen LogP contribution in [0.1, 0.15) is 41.8 Å². The number of halogens is 4. The molecule has 6 nitrogen and oxygen atoms in total. The number of fused-ring (bicyclic) bond motifs is 1. The Morgan fingerprint density at radius 1 is 0.946 bits per heavy atom. The number of aromatic nitrogens is 5. The van der Waals surface area contributed by atoms with Crippen LogP contribution in [0, 0.1) is 25.5 Å². The van der Waals surface area contributed by atoms with Gasteiger partial charge in [0, 0.05) is 34.6 Å². The van der Waals surface area contributed by atoms with Crippen LogP contribution in [0.4, 0.5) is 17.6 Å². The van der Waals surface area contributed by atoms with E-state index in [0.717, 1.165) is 11.4 Å². The lowest BCUT2D eigenvalue weighted by Crippen LogP contribution is -2.15. The fourth-order valence-corrected chi connectivity index (χ4v) is 4.53. The molecule has 1 aromatic heterocycles. The van der Waals surface area contributed by atoms with Crippen molar-refractivity contribution in [3.8, 4) is 34.1 Å². The van der Waals surface area contributed by atoms with Crippen LogP contribution in [0.25, 0.3) is 28.3 Å². The van der Waals surface area contributed by atoms with Gasteiger partial charge in [-0.2, -0.15) is 0 Å². The number of alkyl halides is 2. The lowest BCUT2D eigenvalue weighted by molar-refractivity contribution is 0.150. The Labute approximate surface area is 210 Å². The van der Waals surface area contributed by atoms with Crippen LogP contribution in [0.5, 0.6) is 5.75 Å². The topological polar surface area (TPSA) is 57.8 Å². The number of aryl methyl sites for hydroxylation is 2. The fourth-order valence-electron chi connectivity index (χ4n) is 4.53. The summed E-state index contributed by atoms with van der Waals surface area (Å²) in [6, 6.07) is 8.07. The minimum Gasteiger partial charge on any atom is -0.495 e. The van der Waals surface area contributed by atoms with Gasteiger partial charge in [0.2, 0.25) is 0 Å². The number of hydrogen-bond acceptors (Lipinski definition) is 4. The Bertz CT molecular complexity index is 1550. The molecule has 0 N–H and O–H groups in total. The summed E-state index contributed by atoms with van der Waals surface area (Å²) in [4.78, 5) is 4.23. The molecule has 37 heavy (non-hydrogen) atoms. The Hall–Kier alpha value is -4.21. The summed E-state index contributed by atoms with van der Waals surface area (Å²) in [6.07, 6.45) is 1.85. The minimum atomic E-state index is -2.82. The Balaban J connectivity index is 1.64. The molecule has 0 spiro atoms. The predicted octanol–water partition coefficient (Wildman–Crippen LogP) is 6.69. The first-order chi connectivity index (χ1) is 17.7. The first-order valence-corrected chi connectivity index (χ1v) is 11.5. The van der Waals surface area contributed by atoms with E-state index in [2.05, 4.69) is 15.2 Å². The lowest BCUT2D eigenvalue weighted by atomic mass is 10.0. The molecule has 3 heterocycles. The molecule has 2 aromatic carbocycles. The van der Waals surface area contributed by atoms with Gasteiger partial charge in [0.1, 0.15) is 23.1 Å². The zero-order valence-corrected chi connectivity index (χ0v) is 20.5. The van der Waals surface area contributed by atoms with Gasteiger partial charge in [-0.1, -0.05) is 6.07 Å². The highest BCUT2D eigenvalue weighted by molar-refractivity contribution is 5.80. The zero-order valence-electron chi connectivity index (χ0n) is 20.5. The molecule has 2 aliphatic heterocycles. The Kier molecular flexibility index (Phi) is 6.18. The van der Waals surface area contributed by atoms with E-state index in [1.807, 2.05) is 17.7 Å². The highest BCUT2D eigenvalue weighted by Crippen LogP contribution is 2.39. The van der Waals surface area contributed by atoms with Gasteiger partial charge in [-0.15, -0.1) is 10.2 Å². The highest BCUT2D eigenvalue weighted by Gasteiger charge is 2.27. The summed E-state index contributed by atoms with van der Waals surface area (Å²) < 4.78 is 66.1. The van der Waals surface area contributed by atoms with Crippen molar-refractivity contribution in [2.45, 2.75) is 33.2 Å².